The van der Waals surface area contributed by atoms with Gasteiger partial charge in [0.15, 0.2) is 0 Å². The Morgan fingerprint density at radius 2 is 2.24 bits per heavy atom. The average Bonchev–Trinajstić information content (AvgIpc) is 2.93. The van der Waals surface area contributed by atoms with Gasteiger partial charge < -0.3 is 14.7 Å². The lowest BCUT2D eigenvalue weighted by Gasteiger charge is -2.16. The van der Waals surface area contributed by atoms with Crippen molar-refractivity contribution in [3.05, 3.63) is 41.2 Å². The van der Waals surface area contributed by atoms with E-state index in [4.69, 9.17) is 9.84 Å². The van der Waals surface area contributed by atoms with E-state index in [0.717, 1.165) is 24.6 Å². The van der Waals surface area contributed by atoms with Gasteiger partial charge in [0.25, 0.3) is 5.91 Å². The van der Waals surface area contributed by atoms with E-state index in [2.05, 4.69) is 0 Å². The highest BCUT2D eigenvalue weighted by atomic mass is 19.1. The number of likely N-dealkylation sites (tertiary alicyclic amines) is 1. The molecule has 1 N–H and O–H groups in total. The van der Waals surface area contributed by atoms with Crippen molar-refractivity contribution in [2.24, 2.45) is 0 Å². The van der Waals surface area contributed by atoms with E-state index < -0.39 is 11.8 Å². The van der Waals surface area contributed by atoms with E-state index in [-0.39, 0.29) is 23.1 Å². The molecule has 0 aliphatic carbocycles. The lowest BCUT2D eigenvalue weighted by atomic mass is 10.1. The van der Waals surface area contributed by atoms with E-state index in [1.807, 2.05) is 0 Å². The predicted octanol–water partition coefficient (Wildman–Crippen LogP) is 1.78. The molecule has 0 aromatic heterocycles. The standard InChI is InChI=1S/C15H16FNO4/c1-21-12-6-7-17(9-12)15(20)11-3-2-10(13(16)8-11)4-5-14(18)19/h2-5,8,12H,6-7,9H2,1H3,(H,18,19)/b5-4+. The third-order valence-electron chi connectivity index (χ3n) is 3.42. The van der Waals surface area contributed by atoms with Crippen molar-refractivity contribution < 1.29 is 23.8 Å². The van der Waals surface area contributed by atoms with Gasteiger partial charge in [-0.3, -0.25) is 4.79 Å². The van der Waals surface area contributed by atoms with Crippen molar-refractivity contribution in [1.29, 1.82) is 0 Å². The van der Waals surface area contributed by atoms with Crippen LogP contribution in [0.25, 0.3) is 6.08 Å². The third-order valence-corrected chi connectivity index (χ3v) is 3.42. The lowest BCUT2D eigenvalue weighted by molar-refractivity contribution is -0.131. The molecule has 0 bridgehead atoms. The number of amides is 1. The molecule has 0 spiro atoms. The maximum Gasteiger partial charge on any atom is 0.328 e. The first kappa shape index (κ1) is 15.2. The van der Waals surface area contributed by atoms with E-state index in [9.17, 15) is 14.0 Å². The highest BCUT2D eigenvalue weighted by Crippen LogP contribution is 2.18. The van der Waals surface area contributed by atoms with Crippen LogP contribution in [-0.4, -0.2) is 48.2 Å². The van der Waals surface area contributed by atoms with Gasteiger partial charge in [-0.05, 0) is 24.6 Å². The second-order valence-electron chi connectivity index (χ2n) is 4.81. The lowest BCUT2D eigenvalue weighted by Crippen LogP contribution is -2.30. The zero-order valence-corrected chi connectivity index (χ0v) is 11.6. The van der Waals surface area contributed by atoms with E-state index in [1.54, 1.807) is 12.0 Å². The fraction of sp³-hybridized carbons (Fsp3) is 0.333. The minimum absolute atomic E-state index is 0.0246. The van der Waals surface area contributed by atoms with E-state index >= 15 is 0 Å². The summed E-state index contributed by atoms with van der Waals surface area (Å²) in [7, 11) is 1.60. The van der Waals surface area contributed by atoms with Gasteiger partial charge in [-0.1, -0.05) is 6.07 Å². The van der Waals surface area contributed by atoms with Gasteiger partial charge in [-0.25, -0.2) is 9.18 Å². The summed E-state index contributed by atoms with van der Waals surface area (Å²) in [5, 5.41) is 8.52. The highest BCUT2D eigenvalue weighted by molar-refractivity contribution is 5.95. The normalized spacial score (nSPS) is 18.4. The molecule has 1 unspecified atom stereocenters. The third kappa shape index (κ3) is 3.66. The summed E-state index contributed by atoms with van der Waals surface area (Å²) in [6.07, 6.45) is 2.80. The Balaban J connectivity index is 2.13. The largest absolute Gasteiger partial charge is 0.478 e. The summed E-state index contributed by atoms with van der Waals surface area (Å²) < 4.78 is 19.0. The number of hydrogen-bond donors (Lipinski definition) is 1. The predicted molar refractivity (Wildman–Crippen MR) is 74.4 cm³/mol. The smallest absolute Gasteiger partial charge is 0.328 e. The van der Waals surface area contributed by atoms with Gasteiger partial charge >= 0.3 is 5.97 Å². The molecule has 2 rings (SSSR count). The van der Waals surface area contributed by atoms with Crippen LogP contribution in [0.2, 0.25) is 0 Å². The first-order chi connectivity index (χ1) is 10.0. The number of ether oxygens (including phenoxy) is 1. The number of methoxy groups -OCH3 is 1. The zero-order chi connectivity index (χ0) is 15.4. The van der Waals surface area contributed by atoms with E-state index in [0.29, 0.717) is 13.1 Å². The van der Waals surface area contributed by atoms with Gasteiger partial charge in [0.2, 0.25) is 0 Å². The SMILES string of the molecule is COC1CCN(C(=O)c2ccc(/C=C/C(=O)O)c(F)c2)C1. The summed E-state index contributed by atoms with van der Waals surface area (Å²) >= 11 is 0. The molecular weight excluding hydrogens is 277 g/mol. The Morgan fingerprint density at radius 1 is 1.48 bits per heavy atom. The molecule has 1 aliphatic rings. The summed E-state index contributed by atoms with van der Waals surface area (Å²) in [6.45, 7) is 1.08. The van der Waals surface area contributed by atoms with Crippen molar-refractivity contribution >= 4 is 18.0 Å². The van der Waals surface area contributed by atoms with Crippen molar-refractivity contribution in [3.63, 3.8) is 0 Å². The number of hydrogen-bond acceptors (Lipinski definition) is 3. The fourth-order valence-corrected chi connectivity index (χ4v) is 2.24. The van der Waals surface area contributed by atoms with Gasteiger partial charge in [-0.15, -0.1) is 0 Å². The molecule has 0 radical (unpaired) electrons. The number of halogens is 1. The Bertz CT molecular complexity index is 585. The van der Waals surface area contributed by atoms with Crippen LogP contribution in [0, 0.1) is 5.82 Å². The first-order valence-electron chi connectivity index (χ1n) is 6.54. The summed E-state index contributed by atoms with van der Waals surface area (Å²) in [5.41, 5.74) is 0.377. The number of nitrogens with zero attached hydrogens (tertiary/aromatic N) is 1. The van der Waals surface area contributed by atoms with Crippen LogP contribution in [0.3, 0.4) is 0 Å². The Morgan fingerprint density at radius 3 is 2.81 bits per heavy atom. The summed E-state index contributed by atoms with van der Waals surface area (Å²) in [5.74, 6) is -2.03. The maximum atomic E-state index is 13.9. The Hall–Kier alpha value is -2.21. The topological polar surface area (TPSA) is 66.8 Å². The molecule has 1 saturated heterocycles. The van der Waals surface area contributed by atoms with Crippen LogP contribution in [0.15, 0.2) is 24.3 Å². The molecule has 21 heavy (non-hydrogen) atoms. The second-order valence-corrected chi connectivity index (χ2v) is 4.81. The van der Waals surface area contributed by atoms with Crippen molar-refractivity contribution in [3.8, 4) is 0 Å². The average molecular weight is 293 g/mol. The van der Waals surface area contributed by atoms with Crippen LogP contribution in [0.5, 0.6) is 0 Å². The van der Waals surface area contributed by atoms with E-state index in [1.165, 1.54) is 12.1 Å². The quantitative estimate of drug-likeness (QED) is 0.859. The highest BCUT2D eigenvalue weighted by Gasteiger charge is 2.26. The molecule has 1 fully saturated rings. The number of rotatable bonds is 4. The Labute approximate surface area is 121 Å². The number of benzene rings is 1. The molecule has 5 nitrogen and oxygen atoms in total. The minimum atomic E-state index is -1.16. The van der Waals surface area contributed by atoms with Crippen LogP contribution >= 0.6 is 0 Å². The molecule has 6 heteroatoms. The van der Waals surface area contributed by atoms with Crippen LogP contribution < -0.4 is 0 Å². The number of carboxylic acid groups (broad SMARTS) is 1. The monoisotopic (exact) mass is 293 g/mol. The number of carbonyl (C=O) groups is 2. The fourth-order valence-electron chi connectivity index (χ4n) is 2.24. The Kier molecular flexibility index (Phi) is 4.70. The van der Waals surface area contributed by atoms with Gasteiger partial charge in [0, 0.05) is 37.4 Å². The molecule has 1 aromatic carbocycles. The molecule has 1 aromatic rings. The van der Waals surface area contributed by atoms with Crippen LogP contribution in [0.1, 0.15) is 22.3 Å². The van der Waals surface area contributed by atoms with Gasteiger partial charge in [-0.2, -0.15) is 0 Å². The van der Waals surface area contributed by atoms with Crippen molar-refractivity contribution in [2.75, 3.05) is 20.2 Å². The molecular formula is C15H16FNO4. The van der Waals surface area contributed by atoms with Gasteiger partial charge in [0.05, 0.1) is 6.10 Å². The summed E-state index contributed by atoms with van der Waals surface area (Å²) in [4.78, 5) is 24.3. The van der Waals surface area contributed by atoms with Gasteiger partial charge in [0.1, 0.15) is 5.82 Å². The zero-order valence-electron chi connectivity index (χ0n) is 11.6. The molecule has 1 heterocycles. The minimum Gasteiger partial charge on any atom is -0.478 e. The molecule has 1 aliphatic heterocycles. The van der Waals surface area contributed by atoms with Crippen LogP contribution in [-0.2, 0) is 9.53 Å². The molecule has 112 valence electrons. The summed E-state index contributed by atoms with van der Waals surface area (Å²) in [6, 6.07) is 4.02. The molecule has 1 amide bonds. The number of aliphatic carboxylic acids is 1. The molecule has 1 atom stereocenters. The number of carbonyl (C=O) groups excluding carboxylic acids is 1. The van der Waals surface area contributed by atoms with Crippen LogP contribution in [0.4, 0.5) is 4.39 Å². The number of carboxylic acids is 1. The first-order valence-corrected chi connectivity index (χ1v) is 6.54. The maximum absolute atomic E-state index is 13.9. The van der Waals surface area contributed by atoms with Crippen molar-refractivity contribution in [1.82, 2.24) is 4.90 Å². The van der Waals surface area contributed by atoms with Crippen molar-refractivity contribution in [2.45, 2.75) is 12.5 Å². The second kappa shape index (κ2) is 6.49. The molecule has 0 saturated carbocycles.